The van der Waals surface area contributed by atoms with Crippen LogP contribution in [-0.2, 0) is 14.3 Å². The minimum atomic E-state index is -0.606. The number of aliphatic hydroxyl groups is 3. The van der Waals surface area contributed by atoms with E-state index in [9.17, 15) is 20.1 Å². The minimum Gasteiger partial charge on any atom is -0.394 e. The lowest BCUT2D eigenvalue weighted by Gasteiger charge is -2.64. The molecule has 3 saturated carbocycles. The molecule has 0 spiro atoms. The SMILES string of the molecule is CC(C)(O)CCCCC1CC[C@@]2(C)C3CC=C4C(CC[C@H](O[C@H]5C[C@@H](O)C[C@@H](CO)O5)[C@@]4(C)P)[C@]3(C)C(=O)C[C@]12C. The summed E-state index contributed by atoms with van der Waals surface area (Å²) >= 11 is 0. The Morgan fingerprint density at radius 2 is 1.83 bits per heavy atom. The topological polar surface area (TPSA) is 96.2 Å². The molecule has 0 aromatic rings. The van der Waals surface area contributed by atoms with Crippen molar-refractivity contribution in [3.8, 4) is 0 Å². The summed E-state index contributed by atoms with van der Waals surface area (Å²) in [6, 6.07) is 0. The second kappa shape index (κ2) is 11.2. The average Bonchev–Trinajstić information content (AvgIpc) is 3.13. The Balaban J connectivity index is 1.34. The molecule has 1 aliphatic heterocycles. The summed E-state index contributed by atoms with van der Waals surface area (Å²) < 4.78 is 12.5. The third-order valence-corrected chi connectivity index (χ3v) is 13.7. The number of carbonyl (C=O) groups is 1. The Hall–Kier alpha value is -0.360. The first-order valence-electron chi connectivity index (χ1n) is 16.4. The first-order valence-corrected chi connectivity index (χ1v) is 17.0. The fraction of sp³-hybridized carbons (Fsp3) is 0.912. The zero-order valence-electron chi connectivity index (χ0n) is 26.5. The molecule has 0 amide bonds. The molecule has 0 aromatic heterocycles. The Bertz CT molecular complexity index is 1020. The fourth-order valence-electron chi connectivity index (χ4n) is 10.3. The van der Waals surface area contributed by atoms with Gasteiger partial charge in [0.2, 0.25) is 0 Å². The van der Waals surface area contributed by atoms with Crippen LogP contribution < -0.4 is 0 Å². The van der Waals surface area contributed by atoms with Crippen molar-refractivity contribution in [2.24, 2.45) is 34.0 Å². The third kappa shape index (κ3) is 5.44. The fourth-order valence-corrected chi connectivity index (χ4v) is 10.9. The molecule has 4 fully saturated rings. The van der Waals surface area contributed by atoms with Crippen LogP contribution in [0.5, 0.6) is 0 Å². The molecule has 0 radical (unpaired) electrons. The Morgan fingerprint density at radius 3 is 2.51 bits per heavy atom. The summed E-state index contributed by atoms with van der Waals surface area (Å²) in [7, 11) is 3.07. The van der Waals surface area contributed by atoms with Gasteiger partial charge in [0.25, 0.3) is 0 Å². The van der Waals surface area contributed by atoms with Crippen LogP contribution in [0.3, 0.4) is 0 Å². The highest BCUT2D eigenvalue weighted by Crippen LogP contribution is 2.73. The second-order valence-corrected chi connectivity index (χ2v) is 17.2. The maximum Gasteiger partial charge on any atom is 0.160 e. The van der Waals surface area contributed by atoms with Crippen LogP contribution in [0.25, 0.3) is 0 Å². The number of ether oxygens (including phenoxy) is 2. The van der Waals surface area contributed by atoms with Crippen LogP contribution in [0.15, 0.2) is 11.6 Å². The van der Waals surface area contributed by atoms with Gasteiger partial charge in [-0.3, -0.25) is 4.79 Å². The molecule has 41 heavy (non-hydrogen) atoms. The lowest BCUT2D eigenvalue weighted by Crippen LogP contribution is -2.63. The maximum absolute atomic E-state index is 14.4. The molecule has 0 bridgehead atoms. The first-order chi connectivity index (χ1) is 19.1. The van der Waals surface area contributed by atoms with Gasteiger partial charge in [-0.1, -0.05) is 45.3 Å². The zero-order valence-corrected chi connectivity index (χ0v) is 27.6. The molecule has 5 rings (SSSR count). The van der Waals surface area contributed by atoms with Crippen LogP contribution in [0, 0.1) is 34.0 Å². The molecule has 6 nitrogen and oxygen atoms in total. The van der Waals surface area contributed by atoms with E-state index in [1.807, 2.05) is 13.8 Å². The van der Waals surface area contributed by atoms with Gasteiger partial charge in [0, 0.05) is 29.8 Å². The van der Waals surface area contributed by atoms with E-state index in [0.717, 1.165) is 44.9 Å². The van der Waals surface area contributed by atoms with Crippen molar-refractivity contribution in [3.63, 3.8) is 0 Å². The molecular weight excluding hydrogens is 535 g/mol. The van der Waals surface area contributed by atoms with Gasteiger partial charge in [-0.05, 0) is 94.3 Å². The Kier molecular flexibility index (Phi) is 8.77. The second-order valence-electron chi connectivity index (χ2n) is 16.0. The summed E-state index contributed by atoms with van der Waals surface area (Å²) in [6.07, 6.45) is 11.7. The Labute approximate surface area is 250 Å². The smallest absolute Gasteiger partial charge is 0.160 e. The first kappa shape index (κ1) is 32.0. The number of fused-ring (bicyclic) bond motifs is 5. The van der Waals surface area contributed by atoms with Crippen molar-refractivity contribution in [1.82, 2.24) is 0 Å². The summed E-state index contributed by atoms with van der Waals surface area (Å²) in [4.78, 5) is 14.4. The number of ketones is 1. The molecule has 4 unspecified atom stereocenters. The van der Waals surface area contributed by atoms with Crippen molar-refractivity contribution >= 4 is 15.0 Å². The van der Waals surface area contributed by atoms with Crippen LogP contribution >= 0.6 is 9.24 Å². The molecule has 12 atom stereocenters. The molecule has 0 aromatic carbocycles. The zero-order chi connectivity index (χ0) is 30.0. The number of unbranched alkanes of at least 4 members (excludes halogenated alkanes) is 1. The van der Waals surface area contributed by atoms with Crippen LogP contribution in [0.1, 0.15) is 119 Å². The van der Waals surface area contributed by atoms with Crippen molar-refractivity contribution in [3.05, 3.63) is 11.6 Å². The number of aliphatic hydroxyl groups excluding tert-OH is 2. The predicted octanol–water partition coefficient (Wildman–Crippen LogP) is 5.95. The highest BCUT2D eigenvalue weighted by molar-refractivity contribution is 7.19. The van der Waals surface area contributed by atoms with Gasteiger partial charge in [-0.25, -0.2) is 0 Å². The van der Waals surface area contributed by atoms with Crippen molar-refractivity contribution in [2.75, 3.05) is 6.61 Å². The van der Waals surface area contributed by atoms with Crippen molar-refractivity contribution in [2.45, 2.75) is 154 Å². The number of hydrogen-bond acceptors (Lipinski definition) is 6. The number of Topliss-reactive ketones (excluding diaryl/α,β-unsaturated/α-hetero) is 1. The molecule has 4 aliphatic carbocycles. The molecule has 1 heterocycles. The molecular formula is C34H57O6P. The summed E-state index contributed by atoms with van der Waals surface area (Å²) in [5, 5.41) is 29.8. The van der Waals surface area contributed by atoms with Crippen LogP contribution in [0.2, 0.25) is 0 Å². The highest BCUT2D eigenvalue weighted by atomic mass is 31.0. The normalized spacial score (nSPS) is 48.3. The van der Waals surface area contributed by atoms with E-state index in [0.29, 0.717) is 36.9 Å². The van der Waals surface area contributed by atoms with Crippen molar-refractivity contribution in [1.29, 1.82) is 0 Å². The summed E-state index contributed by atoms with van der Waals surface area (Å²) in [5.41, 5.74) is 0.534. The minimum absolute atomic E-state index is 0.0291. The maximum atomic E-state index is 14.4. The highest BCUT2D eigenvalue weighted by Gasteiger charge is 2.69. The summed E-state index contributed by atoms with van der Waals surface area (Å²) in [6.45, 7) is 13.1. The van der Waals surface area contributed by atoms with E-state index in [-0.39, 0.29) is 40.0 Å². The third-order valence-electron chi connectivity index (χ3n) is 13.0. The predicted molar refractivity (Wildman–Crippen MR) is 164 cm³/mol. The van der Waals surface area contributed by atoms with E-state index in [1.165, 1.54) is 18.4 Å². The Morgan fingerprint density at radius 1 is 1.10 bits per heavy atom. The van der Waals surface area contributed by atoms with E-state index in [2.05, 4.69) is 43.0 Å². The van der Waals surface area contributed by atoms with E-state index >= 15 is 0 Å². The van der Waals surface area contributed by atoms with E-state index in [1.54, 1.807) is 0 Å². The molecule has 7 heteroatoms. The van der Waals surface area contributed by atoms with Gasteiger partial charge in [-0.15, -0.1) is 9.24 Å². The molecule has 5 aliphatic rings. The van der Waals surface area contributed by atoms with Gasteiger partial charge in [0.05, 0.1) is 30.5 Å². The quantitative estimate of drug-likeness (QED) is 0.183. The van der Waals surface area contributed by atoms with E-state index < -0.39 is 24.1 Å². The molecule has 1 saturated heterocycles. The van der Waals surface area contributed by atoms with Gasteiger partial charge >= 0.3 is 0 Å². The largest absolute Gasteiger partial charge is 0.394 e. The molecule has 234 valence electrons. The van der Waals surface area contributed by atoms with Gasteiger partial charge in [-0.2, -0.15) is 0 Å². The van der Waals surface area contributed by atoms with Crippen molar-refractivity contribution < 1.29 is 29.6 Å². The monoisotopic (exact) mass is 592 g/mol. The number of carbonyl (C=O) groups excluding carboxylic acids is 1. The van der Waals surface area contributed by atoms with E-state index in [4.69, 9.17) is 9.47 Å². The van der Waals surface area contributed by atoms with Crippen LogP contribution in [0.4, 0.5) is 0 Å². The van der Waals surface area contributed by atoms with Crippen LogP contribution in [-0.4, -0.2) is 63.1 Å². The lowest BCUT2D eigenvalue weighted by molar-refractivity contribution is -0.245. The average molecular weight is 593 g/mol. The van der Waals surface area contributed by atoms with Gasteiger partial charge < -0.3 is 24.8 Å². The number of hydrogen-bond donors (Lipinski definition) is 3. The standard InChI is InChI=1S/C34H57O6P/c1-30(2,38)15-8-7-9-21-14-16-31(3)26-12-10-25-24(33(26,5)27(37)19-32(21,31)4)11-13-28(34(25,6)41)40-29-18-22(36)17-23(20-35)39-29/h10,21-24,26,28-29,35-36,38H,7-9,11-20,41H2,1-6H3/t21?,22-,23-,24?,26?,28-,29-,31-,32+,33-,34-/m0/s1. The summed E-state index contributed by atoms with van der Waals surface area (Å²) in [5.74, 6) is 1.59. The van der Waals surface area contributed by atoms with Gasteiger partial charge in [0.15, 0.2) is 6.29 Å². The van der Waals surface area contributed by atoms with Gasteiger partial charge in [0.1, 0.15) is 5.78 Å². The number of allylic oxidation sites excluding steroid dienone is 1. The lowest BCUT2D eigenvalue weighted by atomic mass is 9.39. The molecule has 3 N–H and O–H groups in total. The number of rotatable bonds is 8.